The van der Waals surface area contributed by atoms with Crippen LogP contribution in [0.1, 0.15) is 39.0 Å². The lowest BCUT2D eigenvalue weighted by Gasteiger charge is -2.31. The Morgan fingerprint density at radius 1 is 1.20 bits per heavy atom. The summed E-state index contributed by atoms with van der Waals surface area (Å²) >= 11 is 0. The van der Waals surface area contributed by atoms with Crippen molar-refractivity contribution in [1.29, 1.82) is 5.41 Å². The first-order chi connectivity index (χ1) is 7.27. The van der Waals surface area contributed by atoms with Crippen molar-refractivity contribution < 1.29 is 0 Å². The number of nitrogens with one attached hydrogen (secondary N) is 1. The Balaban J connectivity index is 2.00. The van der Waals surface area contributed by atoms with E-state index >= 15 is 0 Å². The molecule has 1 fully saturated rings. The van der Waals surface area contributed by atoms with Crippen LogP contribution in [0, 0.1) is 23.2 Å². The average molecular weight is 205 g/mol. The van der Waals surface area contributed by atoms with E-state index in [2.05, 4.69) is 17.1 Å². The van der Waals surface area contributed by atoms with Crippen molar-refractivity contribution in [3.63, 3.8) is 0 Å². The Labute approximate surface area is 91.2 Å². The van der Waals surface area contributed by atoms with Crippen LogP contribution in [-0.2, 0) is 0 Å². The van der Waals surface area contributed by atoms with Gasteiger partial charge in [-0.2, -0.15) is 10.2 Å². The van der Waals surface area contributed by atoms with Gasteiger partial charge in [-0.05, 0) is 31.1 Å². The molecule has 15 heavy (non-hydrogen) atoms. The van der Waals surface area contributed by atoms with E-state index < -0.39 is 0 Å². The largest absolute Gasteiger partial charge is 0.303 e. The van der Waals surface area contributed by atoms with E-state index in [1.807, 2.05) is 6.21 Å². The fraction of sp³-hybridized carbons (Fsp3) is 0.750. The van der Waals surface area contributed by atoms with Crippen molar-refractivity contribution >= 4 is 18.1 Å². The van der Waals surface area contributed by atoms with Gasteiger partial charge in [0.1, 0.15) is 0 Å². The smallest absolute Gasteiger partial charge is 0.0706 e. The molecule has 1 N–H and O–H groups in total. The van der Waals surface area contributed by atoms with Gasteiger partial charge in [-0.3, -0.25) is 0 Å². The Morgan fingerprint density at radius 2 is 1.93 bits per heavy atom. The fourth-order valence-corrected chi connectivity index (χ4v) is 2.66. The molecule has 1 saturated carbocycles. The molecule has 82 valence electrons. The molecular weight excluding hydrogens is 186 g/mol. The zero-order chi connectivity index (χ0) is 10.7. The fourth-order valence-electron chi connectivity index (χ4n) is 2.66. The minimum absolute atomic E-state index is 0.368. The van der Waals surface area contributed by atoms with Crippen LogP contribution in [0.5, 0.6) is 0 Å². The van der Waals surface area contributed by atoms with Crippen LogP contribution in [-0.4, -0.2) is 18.1 Å². The molecular formula is C12H19N3. The summed E-state index contributed by atoms with van der Waals surface area (Å²) in [6.45, 7) is 2.33. The van der Waals surface area contributed by atoms with Crippen LogP contribution in [0.2, 0.25) is 0 Å². The third-order valence-corrected chi connectivity index (χ3v) is 3.73. The van der Waals surface area contributed by atoms with Crippen molar-refractivity contribution in [2.75, 3.05) is 0 Å². The molecule has 2 rings (SSSR count). The number of rotatable bonds is 1. The molecule has 0 spiro atoms. The van der Waals surface area contributed by atoms with E-state index in [1.54, 1.807) is 6.21 Å². The summed E-state index contributed by atoms with van der Waals surface area (Å²) in [4.78, 5) is 0. The molecule has 0 aromatic rings. The van der Waals surface area contributed by atoms with E-state index in [9.17, 15) is 0 Å². The molecule has 1 unspecified atom stereocenters. The van der Waals surface area contributed by atoms with Gasteiger partial charge in [-0.15, -0.1) is 0 Å². The highest BCUT2D eigenvalue weighted by Gasteiger charge is 2.28. The minimum atomic E-state index is 0.368. The first-order valence-corrected chi connectivity index (χ1v) is 5.90. The van der Waals surface area contributed by atoms with Crippen molar-refractivity contribution in [2.45, 2.75) is 39.0 Å². The normalized spacial score (nSPS) is 36.6. The quantitative estimate of drug-likeness (QED) is 0.684. The summed E-state index contributed by atoms with van der Waals surface area (Å²) in [5.74, 6) is 1.93. The molecule has 0 saturated heterocycles. The second-order valence-electron chi connectivity index (χ2n) is 4.86. The molecule has 0 amide bonds. The van der Waals surface area contributed by atoms with Gasteiger partial charge in [0, 0.05) is 12.1 Å². The summed E-state index contributed by atoms with van der Waals surface area (Å²) in [6, 6.07) is 0. The zero-order valence-corrected chi connectivity index (χ0v) is 9.32. The van der Waals surface area contributed by atoms with Gasteiger partial charge >= 0.3 is 0 Å². The lowest BCUT2D eigenvalue weighted by molar-refractivity contribution is 0.253. The van der Waals surface area contributed by atoms with Crippen LogP contribution in [0.25, 0.3) is 0 Å². The van der Waals surface area contributed by atoms with Crippen molar-refractivity contribution in [2.24, 2.45) is 28.0 Å². The maximum atomic E-state index is 7.94. The van der Waals surface area contributed by atoms with Gasteiger partial charge in [0.2, 0.25) is 0 Å². The highest BCUT2D eigenvalue weighted by atomic mass is 15.2. The maximum Gasteiger partial charge on any atom is 0.0706 e. The molecule has 0 aromatic carbocycles. The van der Waals surface area contributed by atoms with Gasteiger partial charge in [-0.25, -0.2) is 0 Å². The Hall–Kier alpha value is -0.990. The topological polar surface area (TPSA) is 48.6 Å². The average Bonchev–Trinajstić information content (AvgIpc) is 2.44. The number of hydrogen-bond acceptors (Lipinski definition) is 3. The van der Waals surface area contributed by atoms with Gasteiger partial charge in [0.05, 0.1) is 11.9 Å². The Kier molecular flexibility index (Phi) is 3.29. The minimum Gasteiger partial charge on any atom is -0.303 e. The molecule has 2 aliphatic rings. The summed E-state index contributed by atoms with van der Waals surface area (Å²) in [5.41, 5.74) is 0.673. The van der Waals surface area contributed by atoms with E-state index in [0.717, 1.165) is 12.3 Å². The zero-order valence-electron chi connectivity index (χ0n) is 9.32. The van der Waals surface area contributed by atoms with Crippen LogP contribution >= 0.6 is 0 Å². The molecule has 3 nitrogen and oxygen atoms in total. The van der Waals surface area contributed by atoms with Crippen LogP contribution < -0.4 is 0 Å². The monoisotopic (exact) mass is 205 g/mol. The lowest BCUT2D eigenvalue weighted by atomic mass is 9.74. The molecule has 3 heteroatoms. The summed E-state index contributed by atoms with van der Waals surface area (Å²) in [5, 5.41) is 15.7. The molecule has 1 aliphatic carbocycles. The first-order valence-electron chi connectivity index (χ1n) is 5.90. The predicted octanol–water partition coefficient (Wildman–Crippen LogP) is 2.91. The standard InChI is InChI=1S/C12H19N3/c1-9-2-4-10(5-3-9)11-6-7-14-15-8-12(11)13/h7-11,13H,2-6H2,1H3. The van der Waals surface area contributed by atoms with Gasteiger partial charge in [0.25, 0.3) is 0 Å². The van der Waals surface area contributed by atoms with E-state index in [0.29, 0.717) is 17.5 Å². The van der Waals surface area contributed by atoms with E-state index in [1.165, 1.54) is 25.7 Å². The van der Waals surface area contributed by atoms with Crippen LogP contribution in [0.15, 0.2) is 10.2 Å². The summed E-state index contributed by atoms with van der Waals surface area (Å²) in [7, 11) is 0. The number of nitrogens with zero attached hydrogens (tertiary/aromatic N) is 2. The second kappa shape index (κ2) is 4.69. The summed E-state index contributed by atoms with van der Waals surface area (Å²) < 4.78 is 0. The van der Waals surface area contributed by atoms with Crippen LogP contribution in [0.3, 0.4) is 0 Å². The van der Waals surface area contributed by atoms with Crippen molar-refractivity contribution in [1.82, 2.24) is 0 Å². The molecule has 1 heterocycles. The van der Waals surface area contributed by atoms with Gasteiger partial charge in [0.15, 0.2) is 0 Å². The Morgan fingerprint density at radius 3 is 2.67 bits per heavy atom. The van der Waals surface area contributed by atoms with Gasteiger partial charge < -0.3 is 5.41 Å². The molecule has 1 aliphatic heterocycles. The third kappa shape index (κ3) is 2.52. The number of hydrogen-bond donors (Lipinski definition) is 1. The Bertz CT molecular complexity index is 285. The molecule has 0 bridgehead atoms. The highest BCUT2D eigenvalue weighted by molar-refractivity contribution is 6.30. The van der Waals surface area contributed by atoms with E-state index in [-0.39, 0.29) is 0 Å². The van der Waals surface area contributed by atoms with Gasteiger partial charge in [-0.1, -0.05) is 19.8 Å². The maximum absolute atomic E-state index is 7.94. The lowest BCUT2D eigenvalue weighted by Crippen LogP contribution is -2.27. The second-order valence-corrected chi connectivity index (χ2v) is 4.86. The highest BCUT2D eigenvalue weighted by Crippen LogP contribution is 2.34. The first kappa shape index (κ1) is 10.5. The van der Waals surface area contributed by atoms with Crippen molar-refractivity contribution in [3.8, 4) is 0 Å². The van der Waals surface area contributed by atoms with Crippen molar-refractivity contribution in [3.05, 3.63) is 0 Å². The predicted molar refractivity (Wildman–Crippen MR) is 63.9 cm³/mol. The summed E-state index contributed by atoms with van der Waals surface area (Å²) in [6.07, 6.45) is 9.57. The molecule has 1 atom stereocenters. The SMILES string of the molecule is CC1CCC(C2CC=NN=CC2=N)CC1. The third-order valence-electron chi connectivity index (χ3n) is 3.73. The molecule has 0 aromatic heterocycles. The van der Waals surface area contributed by atoms with E-state index in [4.69, 9.17) is 5.41 Å². The molecule has 0 radical (unpaired) electrons. The van der Waals surface area contributed by atoms with Crippen LogP contribution in [0.4, 0.5) is 0 Å².